The van der Waals surface area contributed by atoms with Gasteiger partial charge in [0.25, 0.3) is 5.91 Å². The molecule has 3 atom stereocenters. The Bertz CT molecular complexity index is 1610. The third-order valence-electron chi connectivity index (χ3n) is 9.54. The minimum atomic E-state index is -0.963. The van der Waals surface area contributed by atoms with Crippen molar-refractivity contribution in [3.05, 3.63) is 94.3 Å². The lowest BCUT2D eigenvalue weighted by molar-refractivity contribution is -0.117. The maximum absolute atomic E-state index is 15.7. The van der Waals surface area contributed by atoms with E-state index in [0.717, 1.165) is 49.0 Å². The number of rotatable bonds is 9. The Morgan fingerprint density at radius 3 is 2.68 bits per heavy atom. The van der Waals surface area contributed by atoms with Gasteiger partial charge in [-0.3, -0.25) is 9.59 Å². The van der Waals surface area contributed by atoms with Crippen molar-refractivity contribution in [2.75, 3.05) is 11.4 Å². The van der Waals surface area contributed by atoms with Gasteiger partial charge >= 0.3 is 0 Å². The van der Waals surface area contributed by atoms with Crippen LogP contribution >= 0.6 is 0 Å². The molecule has 0 bridgehead atoms. The molecule has 7 nitrogen and oxygen atoms in total. The van der Waals surface area contributed by atoms with Gasteiger partial charge in [-0.25, -0.2) is 4.39 Å². The number of hydrogen-bond acceptors (Lipinski definition) is 5. The van der Waals surface area contributed by atoms with Crippen molar-refractivity contribution in [3.63, 3.8) is 0 Å². The molecule has 2 aliphatic heterocycles. The number of hydrogen-bond donors (Lipinski definition) is 2. The molecule has 2 N–H and O–H groups in total. The highest BCUT2D eigenvalue weighted by molar-refractivity contribution is 5.99. The maximum Gasteiger partial charge on any atom is 0.254 e. The molecule has 0 unspecified atom stereocenters. The van der Waals surface area contributed by atoms with E-state index in [1.54, 1.807) is 24.3 Å². The Balaban J connectivity index is 1.29. The van der Waals surface area contributed by atoms with Gasteiger partial charge in [0, 0.05) is 13.0 Å². The van der Waals surface area contributed by atoms with Crippen LogP contribution in [0.3, 0.4) is 0 Å². The molecule has 2 fully saturated rings. The van der Waals surface area contributed by atoms with Crippen molar-refractivity contribution in [2.24, 2.45) is 0 Å². The molecule has 0 aromatic heterocycles. The van der Waals surface area contributed by atoms with Gasteiger partial charge in [-0.15, -0.1) is 0 Å². The number of amides is 2. The Morgan fingerprint density at radius 1 is 1.16 bits per heavy atom. The van der Waals surface area contributed by atoms with E-state index in [9.17, 15) is 20.0 Å². The number of nitrogens with one attached hydrogen (secondary N) is 1. The zero-order valence-corrected chi connectivity index (χ0v) is 25.0. The standard InChI is InChI=1S/C36H38FN3O4/c1-2-23-12-13-32-28(18-23)26(21-36(44-32)14-6-15-36)20-31(41)29(19-24-7-3-8-25(17-24)22-38)39-35(43)27-9-4-10-30(34(27)37)40-16-5-11-33(40)42/h3-4,7-10,12-13,17-18,26,29,31,41H,2,5-6,11,14-16,19-21H2,1H3,(H,39,43)/t26-,29-,31+/m0/s1. The third kappa shape index (κ3) is 5.94. The van der Waals surface area contributed by atoms with Crippen LogP contribution in [-0.2, 0) is 17.6 Å². The molecule has 1 aliphatic carbocycles. The first-order valence-electron chi connectivity index (χ1n) is 15.7. The fourth-order valence-corrected chi connectivity index (χ4v) is 6.96. The summed E-state index contributed by atoms with van der Waals surface area (Å²) in [7, 11) is 0. The number of benzene rings is 3. The Morgan fingerprint density at radius 2 is 1.98 bits per heavy atom. The number of aryl methyl sites for hydroxylation is 1. The number of halogens is 1. The average Bonchev–Trinajstić information content (AvgIpc) is 3.45. The van der Waals surface area contributed by atoms with Gasteiger partial charge in [0.15, 0.2) is 5.82 Å². The SMILES string of the molecule is CCc1ccc2c(c1)[C@@H](C[C@@H](O)[C@H](Cc1cccc(C#N)c1)NC(=O)c1cccc(N3CCCC3=O)c1F)CC1(CCC1)O2. The lowest BCUT2D eigenvalue weighted by atomic mass is 9.69. The number of carbonyl (C=O) groups excluding carboxylic acids is 2. The zero-order chi connectivity index (χ0) is 30.8. The molecule has 1 spiro atoms. The molecule has 2 heterocycles. The van der Waals surface area contributed by atoms with E-state index in [2.05, 4.69) is 30.4 Å². The molecule has 2 amide bonds. The molecule has 228 valence electrons. The number of anilines is 1. The quantitative estimate of drug-likeness (QED) is 0.318. The van der Waals surface area contributed by atoms with E-state index in [4.69, 9.17) is 4.74 Å². The summed E-state index contributed by atoms with van der Waals surface area (Å²) in [5.41, 5.74) is 3.22. The second-order valence-electron chi connectivity index (χ2n) is 12.5. The van der Waals surface area contributed by atoms with Crippen LogP contribution in [0.15, 0.2) is 60.7 Å². The molecule has 8 heteroatoms. The van der Waals surface area contributed by atoms with E-state index >= 15 is 4.39 Å². The number of carbonyl (C=O) groups is 2. The second kappa shape index (κ2) is 12.4. The van der Waals surface area contributed by atoms with Crippen molar-refractivity contribution < 1.29 is 23.8 Å². The number of aliphatic hydroxyl groups excluding tert-OH is 1. The summed E-state index contributed by atoms with van der Waals surface area (Å²) >= 11 is 0. The number of aliphatic hydroxyl groups is 1. The molecule has 3 aliphatic rings. The monoisotopic (exact) mass is 595 g/mol. The topological polar surface area (TPSA) is 103 Å². The molecule has 0 radical (unpaired) electrons. The molecule has 6 rings (SSSR count). The highest BCUT2D eigenvalue weighted by atomic mass is 19.1. The molecule has 3 aromatic carbocycles. The van der Waals surface area contributed by atoms with Crippen molar-refractivity contribution in [1.82, 2.24) is 5.32 Å². The Hall–Kier alpha value is -4.22. The van der Waals surface area contributed by atoms with Gasteiger partial charge in [0.05, 0.1) is 35.0 Å². The summed E-state index contributed by atoms with van der Waals surface area (Å²) in [5, 5.41) is 24.2. The molecule has 3 aromatic rings. The van der Waals surface area contributed by atoms with Crippen molar-refractivity contribution in [2.45, 2.75) is 88.4 Å². The summed E-state index contributed by atoms with van der Waals surface area (Å²) < 4.78 is 22.2. The van der Waals surface area contributed by atoms with Crippen LogP contribution in [0.1, 0.15) is 90.4 Å². The first-order chi connectivity index (χ1) is 21.3. The van der Waals surface area contributed by atoms with Crippen LogP contribution in [-0.4, -0.2) is 41.2 Å². The molecular formula is C36H38FN3O4. The second-order valence-corrected chi connectivity index (χ2v) is 12.5. The predicted molar refractivity (Wildman–Crippen MR) is 165 cm³/mol. The fraction of sp³-hybridized carbons (Fsp3) is 0.417. The molecule has 1 saturated carbocycles. The van der Waals surface area contributed by atoms with Crippen LogP contribution in [0.4, 0.5) is 10.1 Å². The predicted octanol–water partition coefficient (Wildman–Crippen LogP) is 5.97. The van der Waals surface area contributed by atoms with Crippen molar-refractivity contribution >= 4 is 17.5 Å². The first-order valence-corrected chi connectivity index (χ1v) is 15.7. The van der Waals surface area contributed by atoms with E-state index in [0.29, 0.717) is 31.4 Å². The highest BCUT2D eigenvalue weighted by Gasteiger charge is 2.46. The van der Waals surface area contributed by atoms with Gasteiger partial charge in [0.2, 0.25) is 5.91 Å². The lowest BCUT2D eigenvalue weighted by Gasteiger charge is -2.48. The minimum absolute atomic E-state index is 0.0200. The van der Waals surface area contributed by atoms with Crippen LogP contribution in [0, 0.1) is 17.1 Å². The van der Waals surface area contributed by atoms with Gasteiger partial charge < -0.3 is 20.1 Å². The fourth-order valence-electron chi connectivity index (χ4n) is 6.96. The summed E-state index contributed by atoms with van der Waals surface area (Å²) in [6, 6.07) is 19.2. The average molecular weight is 596 g/mol. The van der Waals surface area contributed by atoms with Gasteiger partial charge in [-0.2, -0.15) is 5.26 Å². The van der Waals surface area contributed by atoms with Crippen molar-refractivity contribution in [3.8, 4) is 11.8 Å². The highest BCUT2D eigenvalue weighted by Crippen LogP contribution is 2.51. The largest absolute Gasteiger partial charge is 0.487 e. The number of ether oxygens (including phenoxy) is 1. The Kier molecular flexibility index (Phi) is 8.42. The summed E-state index contributed by atoms with van der Waals surface area (Å²) in [6.45, 7) is 2.52. The smallest absolute Gasteiger partial charge is 0.254 e. The van der Waals surface area contributed by atoms with E-state index in [1.165, 1.54) is 22.6 Å². The number of fused-ring (bicyclic) bond motifs is 1. The van der Waals surface area contributed by atoms with Gasteiger partial charge in [-0.1, -0.05) is 37.3 Å². The Labute approximate surface area is 257 Å². The van der Waals surface area contributed by atoms with Crippen LogP contribution in [0.2, 0.25) is 0 Å². The van der Waals surface area contributed by atoms with Crippen LogP contribution < -0.4 is 15.0 Å². The van der Waals surface area contributed by atoms with E-state index in [1.807, 2.05) is 12.1 Å². The zero-order valence-electron chi connectivity index (χ0n) is 25.0. The molecule has 44 heavy (non-hydrogen) atoms. The molecule has 1 saturated heterocycles. The maximum atomic E-state index is 15.7. The normalized spacial score (nSPS) is 19.8. The van der Waals surface area contributed by atoms with Gasteiger partial charge in [-0.05, 0) is 104 Å². The van der Waals surface area contributed by atoms with E-state index in [-0.39, 0.29) is 35.1 Å². The van der Waals surface area contributed by atoms with E-state index < -0.39 is 23.9 Å². The van der Waals surface area contributed by atoms with Gasteiger partial charge in [0.1, 0.15) is 11.4 Å². The number of nitriles is 1. The molecular weight excluding hydrogens is 557 g/mol. The summed E-state index contributed by atoms with van der Waals surface area (Å²) in [6.07, 6.45) is 5.40. The first kappa shape index (κ1) is 29.8. The minimum Gasteiger partial charge on any atom is -0.487 e. The summed E-state index contributed by atoms with van der Waals surface area (Å²) in [4.78, 5) is 27.3. The third-order valence-corrected chi connectivity index (χ3v) is 9.54. The van der Waals surface area contributed by atoms with Crippen LogP contribution in [0.25, 0.3) is 0 Å². The summed E-state index contributed by atoms with van der Waals surface area (Å²) in [5.74, 6) is -0.695. The number of nitrogens with zero attached hydrogens (tertiary/aromatic N) is 2. The van der Waals surface area contributed by atoms with Crippen molar-refractivity contribution in [1.29, 1.82) is 5.26 Å². The van der Waals surface area contributed by atoms with Crippen LogP contribution in [0.5, 0.6) is 5.75 Å². The lowest BCUT2D eigenvalue weighted by Crippen LogP contribution is -2.49.